The van der Waals surface area contributed by atoms with E-state index in [2.05, 4.69) is 0 Å². The summed E-state index contributed by atoms with van der Waals surface area (Å²) in [5.74, 6) is -1.35. The van der Waals surface area contributed by atoms with Gasteiger partial charge in [0.05, 0.1) is 18.3 Å². The summed E-state index contributed by atoms with van der Waals surface area (Å²) in [5, 5.41) is 10.1. The molecule has 1 unspecified atom stereocenters. The van der Waals surface area contributed by atoms with Crippen LogP contribution in [0.2, 0.25) is 0 Å². The average molecular weight is 271 g/mol. The van der Waals surface area contributed by atoms with E-state index in [0.29, 0.717) is 26.2 Å². The molecule has 0 amide bonds. The zero-order valence-electron chi connectivity index (χ0n) is 11.2. The van der Waals surface area contributed by atoms with Crippen molar-refractivity contribution in [1.29, 1.82) is 0 Å². The maximum Gasteiger partial charge on any atom is 0.131 e. The molecular formula is C14H19F2NO2. The molecule has 1 saturated heterocycles. The zero-order chi connectivity index (χ0) is 14.0. The topological polar surface area (TPSA) is 32.7 Å². The number of rotatable bonds is 3. The molecule has 1 aliphatic rings. The third-order valence-corrected chi connectivity index (χ3v) is 3.26. The number of nitrogens with zero attached hydrogens (tertiary/aromatic N) is 1. The number of β-amino-alcohol motifs (C(OH)–C–C–N with tert-alkyl or cyclic N) is 1. The molecule has 1 heterocycles. The first-order valence-electron chi connectivity index (χ1n) is 6.37. The van der Waals surface area contributed by atoms with Gasteiger partial charge in [-0.25, -0.2) is 8.78 Å². The largest absolute Gasteiger partial charge is 0.387 e. The van der Waals surface area contributed by atoms with Gasteiger partial charge in [0.15, 0.2) is 0 Å². The van der Waals surface area contributed by atoms with E-state index in [9.17, 15) is 13.9 Å². The van der Waals surface area contributed by atoms with Gasteiger partial charge in [-0.1, -0.05) is 6.07 Å². The second-order valence-corrected chi connectivity index (χ2v) is 5.52. The van der Waals surface area contributed by atoms with Crippen molar-refractivity contribution in [3.05, 3.63) is 35.4 Å². The molecule has 3 nitrogen and oxygen atoms in total. The van der Waals surface area contributed by atoms with Crippen LogP contribution in [-0.2, 0) is 4.74 Å². The van der Waals surface area contributed by atoms with Gasteiger partial charge < -0.3 is 9.84 Å². The first-order chi connectivity index (χ1) is 8.87. The molecule has 2 rings (SSSR count). The summed E-state index contributed by atoms with van der Waals surface area (Å²) in [6, 6.07) is 3.24. The zero-order valence-corrected chi connectivity index (χ0v) is 11.2. The van der Waals surface area contributed by atoms with Crippen molar-refractivity contribution in [3.63, 3.8) is 0 Å². The van der Waals surface area contributed by atoms with Gasteiger partial charge >= 0.3 is 0 Å². The van der Waals surface area contributed by atoms with E-state index in [1.165, 1.54) is 6.07 Å². The van der Waals surface area contributed by atoms with Crippen LogP contribution in [0.1, 0.15) is 25.5 Å². The third-order valence-electron chi connectivity index (χ3n) is 3.26. The Labute approximate surface area is 111 Å². The molecule has 19 heavy (non-hydrogen) atoms. The van der Waals surface area contributed by atoms with Crippen LogP contribution in [0.3, 0.4) is 0 Å². The van der Waals surface area contributed by atoms with Crippen molar-refractivity contribution in [2.75, 3.05) is 26.2 Å². The molecule has 0 aromatic heterocycles. The van der Waals surface area contributed by atoms with Crippen molar-refractivity contribution in [2.45, 2.75) is 25.6 Å². The van der Waals surface area contributed by atoms with Gasteiger partial charge in [0.25, 0.3) is 0 Å². The fourth-order valence-electron chi connectivity index (χ4n) is 2.38. The molecule has 1 aromatic carbocycles. The molecule has 0 aliphatic carbocycles. The average Bonchev–Trinajstić information content (AvgIpc) is 2.27. The van der Waals surface area contributed by atoms with Crippen molar-refractivity contribution in [1.82, 2.24) is 4.90 Å². The number of halogens is 2. The third kappa shape index (κ3) is 3.72. The molecule has 1 aromatic rings. The first kappa shape index (κ1) is 14.4. The lowest BCUT2D eigenvalue weighted by molar-refractivity contribution is -0.0934. The molecule has 5 heteroatoms. The summed E-state index contributed by atoms with van der Waals surface area (Å²) in [5.41, 5.74) is -0.134. The Morgan fingerprint density at radius 2 is 2.16 bits per heavy atom. The molecule has 0 bridgehead atoms. The highest BCUT2D eigenvalue weighted by Crippen LogP contribution is 2.22. The summed E-state index contributed by atoms with van der Waals surface area (Å²) < 4.78 is 32.0. The number of benzene rings is 1. The Morgan fingerprint density at radius 1 is 1.42 bits per heavy atom. The summed E-state index contributed by atoms with van der Waals surface area (Å²) >= 11 is 0. The number of morpholine rings is 1. The van der Waals surface area contributed by atoms with Crippen LogP contribution in [-0.4, -0.2) is 41.8 Å². The van der Waals surface area contributed by atoms with E-state index in [4.69, 9.17) is 4.74 Å². The second-order valence-electron chi connectivity index (χ2n) is 5.52. The van der Waals surface area contributed by atoms with Crippen LogP contribution >= 0.6 is 0 Å². The minimum atomic E-state index is -0.963. The van der Waals surface area contributed by atoms with E-state index in [0.717, 1.165) is 12.1 Å². The first-order valence-corrected chi connectivity index (χ1v) is 6.37. The number of aliphatic hydroxyl groups is 1. The Hall–Kier alpha value is -1.04. The van der Waals surface area contributed by atoms with Gasteiger partial charge in [-0.2, -0.15) is 0 Å². The monoisotopic (exact) mass is 271 g/mol. The van der Waals surface area contributed by atoms with Crippen LogP contribution in [0.15, 0.2) is 18.2 Å². The highest BCUT2D eigenvalue weighted by molar-refractivity contribution is 5.21. The van der Waals surface area contributed by atoms with Gasteiger partial charge in [-0.05, 0) is 19.9 Å². The summed E-state index contributed by atoms with van der Waals surface area (Å²) in [7, 11) is 0. The maximum atomic E-state index is 13.6. The Bertz CT molecular complexity index is 451. The fraction of sp³-hybridized carbons (Fsp3) is 0.571. The summed E-state index contributed by atoms with van der Waals surface area (Å²) in [4.78, 5) is 2.02. The van der Waals surface area contributed by atoms with Gasteiger partial charge in [0.2, 0.25) is 0 Å². The van der Waals surface area contributed by atoms with E-state index in [1.807, 2.05) is 18.7 Å². The molecule has 1 N–H and O–H groups in total. The van der Waals surface area contributed by atoms with Crippen molar-refractivity contribution in [3.8, 4) is 0 Å². The second kappa shape index (κ2) is 5.53. The number of ether oxygens (including phenoxy) is 1. The SMILES string of the molecule is CC1(C)CN(CC(O)c2ccc(F)cc2F)CCO1. The van der Waals surface area contributed by atoms with Crippen molar-refractivity contribution < 1.29 is 18.6 Å². The van der Waals surface area contributed by atoms with E-state index in [1.54, 1.807) is 0 Å². The molecule has 0 saturated carbocycles. The van der Waals surface area contributed by atoms with Gasteiger partial charge in [-0.15, -0.1) is 0 Å². The summed E-state index contributed by atoms with van der Waals surface area (Å²) in [6.07, 6.45) is -0.963. The van der Waals surface area contributed by atoms with E-state index < -0.39 is 17.7 Å². The van der Waals surface area contributed by atoms with E-state index in [-0.39, 0.29) is 11.2 Å². The molecule has 1 atom stereocenters. The Morgan fingerprint density at radius 3 is 2.79 bits per heavy atom. The molecule has 1 aliphatic heterocycles. The fourth-order valence-corrected chi connectivity index (χ4v) is 2.38. The minimum Gasteiger partial charge on any atom is -0.387 e. The van der Waals surface area contributed by atoms with Crippen LogP contribution < -0.4 is 0 Å². The molecule has 106 valence electrons. The number of hydrogen-bond donors (Lipinski definition) is 1. The minimum absolute atomic E-state index is 0.130. The van der Waals surface area contributed by atoms with E-state index >= 15 is 0 Å². The smallest absolute Gasteiger partial charge is 0.131 e. The van der Waals surface area contributed by atoms with Gasteiger partial charge in [0, 0.05) is 31.3 Å². The molecular weight excluding hydrogens is 252 g/mol. The molecule has 0 spiro atoms. The lowest BCUT2D eigenvalue weighted by Gasteiger charge is -2.38. The highest BCUT2D eigenvalue weighted by atomic mass is 19.1. The van der Waals surface area contributed by atoms with Crippen LogP contribution in [0.4, 0.5) is 8.78 Å². The summed E-state index contributed by atoms with van der Waals surface area (Å²) in [6.45, 7) is 6.23. The maximum absolute atomic E-state index is 13.6. The Balaban J connectivity index is 2.02. The lowest BCUT2D eigenvalue weighted by Crippen LogP contribution is -2.49. The van der Waals surface area contributed by atoms with Crippen LogP contribution in [0, 0.1) is 11.6 Å². The van der Waals surface area contributed by atoms with Crippen LogP contribution in [0.25, 0.3) is 0 Å². The number of aliphatic hydroxyl groups excluding tert-OH is 1. The van der Waals surface area contributed by atoms with Crippen molar-refractivity contribution >= 4 is 0 Å². The molecule has 0 radical (unpaired) electrons. The normalized spacial score (nSPS) is 21.3. The predicted molar refractivity (Wildman–Crippen MR) is 67.8 cm³/mol. The standard InChI is InChI=1S/C14H19F2NO2/c1-14(2)9-17(5-6-19-14)8-13(18)11-4-3-10(15)7-12(11)16/h3-4,7,13,18H,5-6,8-9H2,1-2H3. The molecule has 1 fully saturated rings. The van der Waals surface area contributed by atoms with Crippen molar-refractivity contribution in [2.24, 2.45) is 0 Å². The lowest BCUT2D eigenvalue weighted by atomic mass is 10.0. The Kier molecular flexibility index (Phi) is 4.18. The highest BCUT2D eigenvalue weighted by Gasteiger charge is 2.28. The number of hydrogen-bond acceptors (Lipinski definition) is 3. The van der Waals surface area contributed by atoms with Gasteiger partial charge in [-0.3, -0.25) is 4.90 Å². The predicted octanol–water partition coefficient (Wildman–Crippen LogP) is 2.11. The quantitative estimate of drug-likeness (QED) is 0.914. The van der Waals surface area contributed by atoms with Crippen LogP contribution in [0.5, 0.6) is 0 Å². The van der Waals surface area contributed by atoms with Gasteiger partial charge in [0.1, 0.15) is 11.6 Å².